The first-order valence-electron chi connectivity index (χ1n) is 5.40. The number of benzene rings is 1. The van der Waals surface area contributed by atoms with E-state index >= 15 is 0 Å². The van der Waals surface area contributed by atoms with E-state index in [1.807, 2.05) is 37.4 Å². The fraction of sp³-hybridized carbons (Fsp3) is 0.462. The average Bonchev–Trinajstić information content (AvgIpc) is 2.34. The Balaban J connectivity index is 2.53. The van der Waals surface area contributed by atoms with Crippen molar-refractivity contribution in [2.75, 3.05) is 33.9 Å². The van der Waals surface area contributed by atoms with Crippen LogP contribution >= 0.6 is 0 Å². The highest BCUT2D eigenvalue weighted by molar-refractivity contribution is 5.24. The third kappa shape index (κ3) is 4.01. The number of ether oxygens (including phenoxy) is 1. The molecule has 0 saturated carbocycles. The van der Waals surface area contributed by atoms with Crippen molar-refractivity contribution >= 4 is 0 Å². The SMILES string of the molecule is COCCN(C)CC(C#N)c1ccccc1. The Morgan fingerprint density at radius 2 is 2.06 bits per heavy atom. The van der Waals surface area contributed by atoms with Gasteiger partial charge < -0.3 is 9.64 Å². The zero-order valence-corrected chi connectivity index (χ0v) is 9.89. The van der Waals surface area contributed by atoms with Crippen LogP contribution in [0.1, 0.15) is 11.5 Å². The van der Waals surface area contributed by atoms with Crippen molar-refractivity contribution in [2.45, 2.75) is 5.92 Å². The van der Waals surface area contributed by atoms with Crippen LogP contribution in [0.4, 0.5) is 0 Å². The van der Waals surface area contributed by atoms with Gasteiger partial charge in [-0.05, 0) is 12.6 Å². The average molecular weight is 218 g/mol. The Morgan fingerprint density at radius 3 is 2.62 bits per heavy atom. The minimum absolute atomic E-state index is 0.0666. The highest BCUT2D eigenvalue weighted by Gasteiger charge is 2.12. The Kier molecular flexibility index (Phi) is 5.55. The summed E-state index contributed by atoms with van der Waals surface area (Å²) in [4.78, 5) is 2.12. The van der Waals surface area contributed by atoms with Gasteiger partial charge in [0.1, 0.15) is 0 Å². The molecule has 3 heteroatoms. The van der Waals surface area contributed by atoms with Crippen LogP contribution in [0.5, 0.6) is 0 Å². The van der Waals surface area contributed by atoms with Crippen LogP contribution in [0.2, 0.25) is 0 Å². The molecule has 0 spiro atoms. The van der Waals surface area contributed by atoms with Crippen LogP contribution < -0.4 is 0 Å². The van der Waals surface area contributed by atoms with Gasteiger partial charge in [0.15, 0.2) is 0 Å². The largest absolute Gasteiger partial charge is 0.383 e. The van der Waals surface area contributed by atoms with Crippen molar-refractivity contribution in [3.8, 4) is 6.07 Å². The van der Waals surface area contributed by atoms with Gasteiger partial charge in [-0.3, -0.25) is 0 Å². The highest BCUT2D eigenvalue weighted by atomic mass is 16.5. The maximum Gasteiger partial charge on any atom is 0.0839 e. The van der Waals surface area contributed by atoms with E-state index in [2.05, 4.69) is 11.0 Å². The number of rotatable bonds is 6. The number of hydrogen-bond acceptors (Lipinski definition) is 3. The van der Waals surface area contributed by atoms with E-state index in [1.54, 1.807) is 7.11 Å². The molecule has 1 aromatic carbocycles. The van der Waals surface area contributed by atoms with Crippen LogP contribution in [0.3, 0.4) is 0 Å². The maximum absolute atomic E-state index is 9.15. The lowest BCUT2D eigenvalue weighted by atomic mass is 10.0. The Labute approximate surface area is 97.3 Å². The van der Waals surface area contributed by atoms with Crippen molar-refractivity contribution in [2.24, 2.45) is 0 Å². The van der Waals surface area contributed by atoms with Crippen molar-refractivity contribution in [3.63, 3.8) is 0 Å². The van der Waals surface area contributed by atoms with E-state index in [1.165, 1.54) is 0 Å². The monoisotopic (exact) mass is 218 g/mol. The van der Waals surface area contributed by atoms with Gasteiger partial charge >= 0.3 is 0 Å². The van der Waals surface area contributed by atoms with Crippen LogP contribution in [0.15, 0.2) is 30.3 Å². The number of likely N-dealkylation sites (N-methyl/N-ethyl adjacent to an activating group) is 1. The summed E-state index contributed by atoms with van der Waals surface area (Å²) >= 11 is 0. The van der Waals surface area contributed by atoms with Gasteiger partial charge in [-0.15, -0.1) is 0 Å². The van der Waals surface area contributed by atoms with Gasteiger partial charge in [0.2, 0.25) is 0 Å². The highest BCUT2D eigenvalue weighted by Crippen LogP contribution is 2.15. The molecule has 1 aromatic rings. The van der Waals surface area contributed by atoms with Gasteiger partial charge in [0.25, 0.3) is 0 Å². The molecule has 1 unspecified atom stereocenters. The summed E-state index contributed by atoms with van der Waals surface area (Å²) in [6.07, 6.45) is 0. The molecule has 0 aliphatic rings. The van der Waals surface area contributed by atoms with E-state index in [-0.39, 0.29) is 5.92 Å². The zero-order valence-electron chi connectivity index (χ0n) is 9.89. The summed E-state index contributed by atoms with van der Waals surface area (Å²) in [6.45, 7) is 2.29. The molecule has 86 valence electrons. The third-order valence-corrected chi connectivity index (χ3v) is 2.53. The Hall–Kier alpha value is -1.37. The van der Waals surface area contributed by atoms with Gasteiger partial charge in [-0.2, -0.15) is 5.26 Å². The maximum atomic E-state index is 9.15. The molecule has 0 amide bonds. The molecule has 0 aliphatic heterocycles. The number of methoxy groups -OCH3 is 1. The third-order valence-electron chi connectivity index (χ3n) is 2.53. The molecule has 0 fully saturated rings. The summed E-state index contributed by atoms with van der Waals surface area (Å²) in [5, 5.41) is 9.15. The van der Waals surface area contributed by atoms with E-state index < -0.39 is 0 Å². The second-order valence-electron chi connectivity index (χ2n) is 3.85. The van der Waals surface area contributed by atoms with Crippen molar-refractivity contribution in [1.29, 1.82) is 5.26 Å². The molecule has 0 heterocycles. The van der Waals surface area contributed by atoms with E-state index in [4.69, 9.17) is 10.00 Å². The number of hydrogen-bond donors (Lipinski definition) is 0. The summed E-state index contributed by atoms with van der Waals surface area (Å²) in [6, 6.07) is 12.2. The second-order valence-corrected chi connectivity index (χ2v) is 3.85. The normalized spacial score (nSPS) is 12.4. The van der Waals surface area contributed by atoms with Crippen LogP contribution in [-0.4, -0.2) is 38.8 Å². The topological polar surface area (TPSA) is 36.3 Å². The lowest BCUT2D eigenvalue weighted by Crippen LogP contribution is -2.27. The van der Waals surface area contributed by atoms with Gasteiger partial charge in [-0.25, -0.2) is 0 Å². The zero-order chi connectivity index (χ0) is 11.8. The second kappa shape index (κ2) is 7.00. The summed E-state index contributed by atoms with van der Waals surface area (Å²) < 4.78 is 5.01. The van der Waals surface area contributed by atoms with E-state index in [0.717, 1.165) is 18.7 Å². The lowest BCUT2D eigenvalue weighted by molar-refractivity contribution is 0.160. The molecule has 3 nitrogen and oxygen atoms in total. The molecule has 0 aromatic heterocycles. The molecule has 0 N–H and O–H groups in total. The molecule has 0 bridgehead atoms. The number of nitrogens with zero attached hydrogens (tertiary/aromatic N) is 2. The molecular weight excluding hydrogens is 200 g/mol. The van der Waals surface area contributed by atoms with Crippen molar-refractivity contribution in [3.05, 3.63) is 35.9 Å². The fourth-order valence-electron chi connectivity index (χ4n) is 1.56. The minimum atomic E-state index is -0.0666. The predicted octanol–water partition coefficient (Wildman–Crippen LogP) is 1.87. The number of nitriles is 1. The van der Waals surface area contributed by atoms with Gasteiger partial charge in [0.05, 0.1) is 18.6 Å². The Bertz CT molecular complexity index is 332. The molecule has 1 rings (SSSR count). The van der Waals surface area contributed by atoms with E-state index in [9.17, 15) is 0 Å². The van der Waals surface area contributed by atoms with Crippen molar-refractivity contribution in [1.82, 2.24) is 4.90 Å². The molecule has 0 saturated heterocycles. The summed E-state index contributed by atoms with van der Waals surface area (Å²) in [7, 11) is 3.69. The quantitative estimate of drug-likeness (QED) is 0.731. The fourth-order valence-corrected chi connectivity index (χ4v) is 1.56. The first-order chi connectivity index (χ1) is 7.77. The predicted molar refractivity (Wildman–Crippen MR) is 64.2 cm³/mol. The van der Waals surface area contributed by atoms with Crippen LogP contribution in [0.25, 0.3) is 0 Å². The Morgan fingerprint density at radius 1 is 1.38 bits per heavy atom. The smallest absolute Gasteiger partial charge is 0.0839 e. The minimum Gasteiger partial charge on any atom is -0.383 e. The van der Waals surface area contributed by atoms with Crippen LogP contribution in [-0.2, 0) is 4.74 Å². The van der Waals surface area contributed by atoms with E-state index in [0.29, 0.717) is 6.61 Å². The standard InChI is InChI=1S/C13H18N2O/c1-15(8-9-16-2)11-13(10-14)12-6-4-3-5-7-12/h3-7,13H,8-9,11H2,1-2H3. The van der Waals surface area contributed by atoms with Crippen LogP contribution in [0, 0.1) is 11.3 Å². The summed E-state index contributed by atoms with van der Waals surface area (Å²) in [5.74, 6) is -0.0666. The lowest BCUT2D eigenvalue weighted by Gasteiger charge is -2.19. The molecule has 0 aliphatic carbocycles. The molecule has 0 radical (unpaired) electrons. The first-order valence-corrected chi connectivity index (χ1v) is 5.40. The summed E-state index contributed by atoms with van der Waals surface area (Å²) in [5.41, 5.74) is 1.08. The van der Waals surface area contributed by atoms with Gasteiger partial charge in [0, 0.05) is 20.2 Å². The van der Waals surface area contributed by atoms with Gasteiger partial charge in [-0.1, -0.05) is 30.3 Å². The molecule has 1 atom stereocenters. The molecular formula is C13H18N2O. The first kappa shape index (κ1) is 12.7. The molecule has 16 heavy (non-hydrogen) atoms. The van der Waals surface area contributed by atoms with Crippen molar-refractivity contribution < 1.29 is 4.74 Å².